The van der Waals surface area contributed by atoms with E-state index in [1.807, 2.05) is 12.1 Å². The van der Waals surface area contributed by atoms with Crippen molar-refractivity contribution in [3.8, 4) is 11.1 Å². The van der Waals surface area contributed by atoms with E-state index in [9.17, 15) is 0 Å². The Bertz CT molecular complexity index is 443. The summed E-state index contributed by atoms with van der Waals surface area (Å²) in [6.45, 7) is 2.09. The van der Waals surface area contributed by atoms with Crippen molar-refractivity contribution in [3.63, 3.8) is 0 Å². The van der Waals surface area contributed by atoms with Gasteiger partial charge in [-0.25, -0.2) is 0 Å². The Hall–Kier alpha value is -1.27. The minimum Gasteiger partial charge on any atom is -0.122 e. The van der Waals surface area contributed by atoms with Gasteiger partial charge in [-0.1, -0.05) is 54.1 Å². The lowest BCUT2D eigenvalue weighted by molar-refractivity contribution is 1.39. The zero-order chi connectivity index (χ0) is 10.7. The van der Waals surface area contributed by atoms with Crippen molar-refractivity contribution in [3.05, 3.63) is 59.7 Å². The number of benzene rings is 2. The second-order valence-corrected chi connectivity index (χ2v) is 3.92. The van der Waals surface area contributed by atoms with Crippen LogP contribution >= 0.6 is 11.6 Å². The molecule has 0 amide bonds. The Balaban J connectivity index is 2.49. The standard InChI is InChI=1S/C14H13Cl/c1-11-6-8-12(9-7-11)14-5-3-2-4-13(14)10-15/h2-9H,10H2,1H3. The van der Waals surface area contributed by atoms with Gasteiger partial charge in [0.15, 0.2) is 0 Å². The lowest BCUT2D eigenvalue weighted by atomic mass is 10.00. The molecule has 76 valence electrons. The summed E-state index contributed by atoms with van der Waals surface area (Å²) in [5.41, 5.74) is 4.93. The molecule has 0 aliphatic carbocycles. The lowest BCUT2D eigenvalue weighted by Crippen LogP contribution is -1.85. The van der Waals surface area contributed by atoms with Gasteiger partial charge in [0.05, 0.1) is 0 Å². The molecule has 0 atom stereocenters. The van der Waals surface area contributed by atoms with Gasteiger partial charge >= 0.3 is 0 Å². The zero-order valence-corrected chi connectivity index (χ0v) is 9.46. The van der Waals surface area contributed by atoms with E-state index in [4.69, 9.17) is 11.6 Å². The average Bonchev–Trinajstić information content (AvgIpc) is 2.30. The summed E-state index contributed by atoms with van der Waals surface area (Å²) < 4.78 is 0. The average molecular weight is 217 g/mol. The monoisotopic (exact) mass is 216 g/mol. The maximum atomic E-state index is 5.91. The number of rotatable bonds is 2. The fourth-order valence-corrected chi connectivity index (χ4v) is 1.88. The Labute approximate surface area is 95.5 Å². The van der Waals surface area contributed by atoms with Gasteiger partial charge in [0, 0.05) is 5.88 Å². The molecule has 0 aliphatic heterocycles. The van der Waals surface area contributed by atoms with Crippen LogP contribution in [0.1, 0.15) is 11.1 Å². The van der Waals surface area contributed by atoms with Crippen molar-refractivity contribution < 1.29 is 0 Å². The quantitative estimate of drug-likeness (QED) is 0.653. The van der Waals surface area contributed by atoms with E-state index in [0.717, 1.165) is 0 Å². The van der Waals surface area contributed by atoms with Crippen molar-refractivity contribution >= 4 is 11.6 Å². The fraction of sp³-hybridized carbons (Fsp3) is 0.143. The lowest BCUT2D eigenvalue weighted by Gasteiger charge is -2.07. The maximum absolute atomic E-state index is 5.91. The highest BCUT2D eigenvalue weighted by Gasteiger charge is 2.02. The first-order chi connectivity index (χ1) is 7.31. The van der Waals surface area contributed by atoms with Crippen molar-refractivity contribution in [2.24, 2.45) is 0 Å². The zero-order valence-electron chi connectivity index (χ0n) is 8.70. The molecule has 0 aliphatic rings. The van der Waals surface area contributed by atoms with Crippen molar-refractivity contribution in [2.45, 2.75) is 12.8 Å². The minimum absolute atomic E-state index is 0.560. The molecule has 0 spiro atoms. The first-order valence-corrected chi connectivity index (χ1v) is 5.55. The van der Waals surface area contributed by atoms with E-state index < -0.39 is 0 Å². The Morgan fingerprint density at radius 1 is 0.933 bits per heavy atom. The van der Waals surface area contributed by atoms with Crippen LogP contribution in [0.4, 0.5) is 0 Å². The molecule has 0 radical (unpaired) electrons. The summed E-state index contributed by atoms with van der Waals surface area (Å²) in [7, 11) is 0. The van der Waals surface area contributed by atoms with Crippen LogP contribution in [-0.4, -0.2) is 0 Å². The molecule has 0 saturated carbocycles. The van der Waals surface area contributed by atoms with Crippen molar-refractivity contribution in [2.75, 3.05) is 0 Å². The highest BCUT2D eigenvalue weighted by Crippen LogP contribution is 2.24. The molecule has 0 N–H and O–H groups in total. The molecule has 2 aromatic carbocycles. The third-order valence-corrected chi connectivity index (χ3v) is 2.81. The molecular weight excluding hydrogens is 204 g/mol. The summed E-state index contributed by atoms with van der Waals surface area (Å²) in [5, 5.41) is 0. The van der Waals surface area contributed by atoms with Crippen molar-refractivity contribution in [1.82, 2.24) is 0 Å². The number of halogens is 1. The summed E-state index contributed by atoms with van der Waals surface area (Å²) in [6.07, 6.45) is 0. The van der Waals surface area contributed by atoms with Crippen LogP contribution in [0.25, 0.3) is 11.1 Å². The van der Waals surface area contributed by atoms with E-state index in [0.29, 0.717) is 5.88 Å². The molecule has 0 fully saturated rings. The van der Waals surface area contributed by atoms with Crippen LogP contribution in [0, 0.1) is 6.92 Å². The van der Waals surface area contributed by atoms with Crippen LogP contribution < -0.4 is 0 Å². The molecule has 15 heavy (non-hydrogen) atoms. The third kappa shape index (κ3) is 2.21. The topological polar surface area (TPSA) is 0 Å². The normalized spacial score (nSPS) is 10.3. The first-order valence-electron chi connectivity index (χ1n) is 5.02. The molecule has 0 heterocycles. The molecule has 0 saturated heterocycles. The third-order valence-electron chi connectivity index (χ3n) is 2.52. The molecule has 1 heteroatoms. The van der Waals surface area contributed by atoms with Crippen molar-refractivity contribution in [1.29, 1.82) is 0 Å². The van der Waals surface area contributed by atoms with E-state index in [2.05, 4.69) is 43.3 Å². The molecular formula is C14H13Cl. The predicted octanol–water partition coefficient (Wildman–Crippen LogP) is 4.40. The second kappa shape index (κ2) is 4.50. The van der Waals surface area contributed by atoms with Crippen LogP contribution in [0.5, 0.6) is 0 Å². The van der Waals surface area contributed by atoms with Gasteiger partial charge in [-0.05, 0) is 23.6 Å². The van der Waals surface area contributed by atoms with E-state index in [1.165, 1.54) is 22.3 Å². The van der Waals surface area contributed by atoms with E-state index in [1.54, 1.807) is 0 Å². The summed E-state index contributed by atoms with van der Waals surface area (Å²) in [4.78, 5) is 0. The predicted molar refractivity (Wildman–Crippen MR) is 66.2 cm³/mol. The molecule has 0 aromatic heterocycles. The van der Waals surface area contributed by atoms with Gasteiger partial charge in [0.25, 0.3) is 0 Å². The summed E-state index contributed by atoms with van der Waals surface area (Å²) in [5.74, 6) is 0.560. The van der Waals surface area contributed by atoms with Gasteiger partial charge in [-0.15, -0.1) is 11.6 Å². The Kier molecular flexibility index (Phi) is 3.08. The van der Waals surface area contributed by atoms with E-state index >= 15 is 0 Å². The molecule has 0 bridgehead atoms. The first kappa shape index (κ1) is 10.3. The molecule has 2 rings (SSSR count). The van der Waals surface area contributed by atoms with Crippen LogP contribution in [0.2, 0.25) is 0 Å². The van der Waals surface area contributed by atoms with Gasteiger partial charge in [-0.3, -0.25) is 0 Å². The molecule has 0 unspecified atom stereocenters. The highest BCUT2D eigenvalue weighted by atomic mass is 35.5. The SMILES string of the molecule is Cc1ccc(-c2ccccc2CCl)cc1. The molecule has 2 aromatic rings. The second-order valence-electron chi connectivity index (χ2n) is 3.66. The maximum Gasteiger partial charge on any atom is 0.0480 e. The summed E-state index contributed by atoms with van der Waals surface area (Å²) in [6, 6.07) is 16.8. The number of aryl methyl sites for hydroxylation is 1. The van der Waals surface area contributed by atoms with Crippen LogP contribution in [-0.2, 0) is 5.88 Å². The van der Waals surface area contributed by atoms with Crippen LogP contribution in [0.3, 0.4) is 0 Å². The summed E-state index contributed by atoms with van der Waals surface area (Å²) >= 11 is 5.91. The Morgan fingerprint density at radius 2 is 1.60 bits per heavy atom. The largest absolute Gasteiger partial charge is 0.122 e. The van der Waals surface area contributed by atoms with Gasteiger partial charge in [-0.2, -0.15) is 0 Å². The van der Waals surface area contributed by atoms with Gasteiger partial charge < -0.3 is 0 Å². The number of hydrogen-bond donors (Lipinski definition) is 0. The van der Waals surface area contributed by atoms with Gasteiger partial charge in [0.1, 0.15) is 0 Å². The number of alkyl halides is 1. The number of hydrogen-bond acceptors (Lipinski definition) is 0. The van der Waals surface area contributed by atoms with Gasteiger partial charge in [0.2, 0.25) is 0 Å². The molecule has 0 nitrogen and oxygen atoms in total. The minimum atomic E-state index is 0.560. The smallest absolute Gasteiger partial charge is 0.0480 e. The van der Waals surface area contributed by atoms with Crippen LogP contribution in [0.15, 0.2) is 48.5 Å². The highest BCUT2D eigenvalue weighted by molar-refractivity contribution is 6.17. The Morgan fingerprint density at radius 3 is 2.27 bits per heavy atom. The fourth-order valence-electron chi connectivity index (χ4n) is 1.65. The van der Waals surface area contributed by atoms with E-state index in [-0.39, 0.29) is 0 Å².